The molecule has 5 heteroatoms. The second-order valence-electron chi connectivity index (χ2n) is 7.10. The van der Waals surface area contributed by atoms with Gasteiger partial charge < -0.3 is 5.32 Å². The Morgan fingerprint density at radius 3 is 3.04 bits per heavy atom. The van der Waals surface area contributed by atoms with Crippen molar-refractivity contribution < 1.29 is 4.79 Å². The number of rotatable bonds is 4. The highest BCUT2D eigenvalue weighted by Gasteiger charge is 2.56. The lowest BCUT2D eigenvalue weighted by Crippen LogP contribution is -2.33. The van der Waals surface area contributed by atoms with Crippen molar-refractivity contribution >= 4 is 17.2 Å². The first kappa shape index (κ1) is 15.6. The number of hydrogen-bond acceptors (Lipinski definition) is 3. The molecule has 1 heterocycles. The highest BCUT2D eigenvalue weighted by Crippen LogP contribution is 2.59. The summed E-state index contributed by atoms with van der Waals surface area (Å²) in [6, 6.07) is 8.77. The Kier molecular flexibility index (Phi) is 3.83. The number of hydrogen-bond donors (Lipinski definition) is 1. The van der Waals surface area contributed by atoms with E-state index in [1.165, 1.54) is 36.8 Å². The van der Waals surface area contributed by atoms with E-state index in [2.05, 4.69) is 29.6 Å². The van der Waals surface area contributed by atoms with Gasteiger partial charge in [-0.1, -0.05) is 35.6 Å². The number of aromatic nitrogens is 1. The van der Waals surface area contributed by atoms with Gasteiger partial charge >= 0.3 is 4.87 Å². The van der Waals surface area contributed by atoms with E-state index in [1.807, 2.05) is 6.92 Å². The highest BCUT2D eigenvalue weighted by molar-refractivity contribution is 7.07. The van der Waals surface area contributed by atoms with Gasteiger partial charge in [-0.2, -0.15) is 0 Å². The van der Waals surface area contributed by atoms with Gasteiger partial charge in [0.25, 0.3) is 0 Å². The predicted octanol–water partition coefficient (Wildman–Crippen LogP) is 2.63. The van der Waals surface area contributed by atoms with Crippen molar-refractivity contribution in [1.82, 2.24) is 9.88 Å². The zero-order valence-electron chi connectivity index (χ0n) is 13.9. The molecule has 1 saturated carbocycles. The molecule has 0 unspecified atom stereocenters. The molecular weight excluding hydrogens is 320 g/mol. The number of carbonyl (C=O) groups is 1. The average Bonchev–Trinajstić information content (AvgIpc) is 3.19. The first-order chi connectivity index (χ1) is 11.6. The Labute approximate surface area is 145 Å². The van der Waals surface area contributed by atoms with Crippen LogP contribution in [-0.2, 0) is 23.2 Å². The van der Waals surface area contributed by atoms with E-state index >= 15 is 0 Å². The summed E-state index contributed by atoms with van der Waals surface area (Å²) in [5, 5.41) is 4.84. The van der Waals surface area contributed by atoms with Gasteiger partial charge in [-0.05, 0) is 49.7 Å². The molecule has 1 aromatic carbocycles. The molecule has 2 aliphatic rings. The molecule has 0 bridgehead atoms. The summed E-state index contributed by atoms with van der Waals surface area (Å²) in [5.41, 5.74) is 4.12. The molecule has 2 aromatic rings. The summed E-state index contributed by atoms with van der Waals surface area (Å²) in [6.07, 6.45) is 4.82. The molecule has 2 aliphatic carbocycles. The van der Waals surface area contributed by atoms with Gasteiger partial charge in [0, 0.05) is 23.0 Å². The Bertz CT molecular complexity index is 838. The van der Waals surface area contributed by atoms with Gasteiger partial charge in [-0.3, -0.25) is 14.2 Å². The molecule has 1 aromatic heterocycles. The molecule has 4 rings (SSSR count). The Morgan fingerprint density at radius 2 is 2.25 bits per heavy atom. The number of benzene rings is 1. The summed E-state index contributed by atoms with van der Waals surface area (Å²) < 4.78 is 1.54. The molecule has 1 fully saturated rings. The van der Waals surface area contributed by atoms with Gasteiger partial charge in [0.05, 0.1) is 0 Å². The monoisotopic (exact) mass is 342 g/mol. The minimum Gasteiger partial charge on any atom is -0.354 e. The number of nitrogens with zero attached hydrogens (tertiary/aromatic N) is 1. The molecular formula is C19H22N2O2S. The number of aryl methyl sites for hydroxylation is 2. The second-order valence-corrected chi connectivity index (χ2v) is 7.92. The summed E-state index contributed by atoms with van der Waals surface area (Å²) in [7, 11) is 0. The first-order valence-electron chi connectivity index (χ1n) is 8.60. The zero-order valence-corrected chi connectivity index (χ0v) is 14.7. The van der Waals surface area contributed by atoms with Crippen LogP contribution in [0.1, 0.15) is 36.1 Å². The third-order valence-corrected chi connectivity index (χ3v) is 6.56. The molecule has 2 atom stereocenters. The highest BCUT2D eigenvalue weighted by atomic mass is 32.1. The molecule has 0 radical (unpaired) electrons. The van der Waals surface area contributed by atoms with Crippen molar-refractivity contribution in [1.29, 1.82) is 0 Å². The maximum Gasteiger partial charge on any atom is 0.307 e. The number of amides is 1. The topological polar surface area (TPSA) is 51.1 Å². The lowest BCUT2D eigenvalue weighted by molar-refractivity contribution is -0.121. The molecule has 24 heavy (non-hydrogen) atoms. The van der Waals surface area contributed by atoms with Crippen LogP contribution in [-0.4, -0.2) is 17.0 Å². The maximum absolute atomic E-state index is 12.2. The minimum atomic E-state index is -0.0651. The number of fused-ring (bicyclic) bond motifs is 2. The molecule has 0 saturated heterocycles. The standard InChI is InChI=1S/C19H22N2O2S/c1-13-12-24-18(23)21(13)11-17(22)20-10-15-9-19(15)8-4-6-14-5-2-3-7-16(14)19/h2-3,5,7,12,15H,4,6,8-11H2,1H3,(H,20,22)/t15-,19-/m0/s1. The predicted molar refractivity (Wildman–Crippen MR) is 95.5 cm³/mol. The summed E-state index contributed by atoms with van der Waals surface area (Å²) >= 11 is 1.15. The Morgan fingerprint density at radius 1 is 1.42 bits per heavy atom. The molecule has 1 spiro atoms. The average molecular weight is 342 g/mol. The van der Waals surface area contributed by atoms with Crippen molar-refractivity contribution in [3.63, 3.8) is 0 Å². The van der Waals surface area contributed by atoms with Crippen molar-refractivity contribution in [3.8, 4) is 0 Å². The third-order valence-electron chi connectivity index (χ3n) is 5.68. The van der Waals surface area contributed by atoms with Crippen LogP contribution in [0.15, 0.2) is 34.4 Å². The minimum absolute atomic E-state index is 0.0632. The SMILES string of the molecule is Cc1csc(=O)n1CC(=O)NC[C@@H]1C[C@@]12CCCc1ccccc12. The van der Waals surface area contributed by atoms with Crippen molar-refractivity contribution in [3.05, 3.63) is 56.1 Å². The Hall–Kier alpha value is -1.88. The smallest absolute Gasteiger partial charge is 0.307 e. The Balaban J connectivity index is 1.39. The number of nitrogens with one attached hydrogen (secondary N) is 1. The summed E-state index contributed by atoms with van der Waals surface area (Å²) in [6.45, 7) is 2.70. The fourth-order valence-corrected chi connectivity index (χ4v) is 5.00. The van der Waals surface area contributed by atoms with E-state index in [0.717, 1.165) is 17.0 Å². The van der Waals surface area contributed by atoms with Gasteiger partial charge in [-0.15, -0.1) is 0 Å². The van der Waals surface area contributed by atoms with Gasteiger partial charge in [0.15, 0.2) is 0 Å². The molecule has 1 amide bonds. The van der Waals surface area contributed by atoms with Crippen LogP contribution in [0.5, 0.6) is 0 Å². The fourth-order valence-electron chi connectivity index (χ4n) is 4.27. The summed E-state index contributed by atoms with van der Waals surface area (Å²) in [4.78, 5) is 23.8. The van der Waals surface area contributed by atoms with Gasteiger partial charge in [-0.25, -0.2) is 0 Å². The van der Waals surface area contributed by atoms with Gasteiger partial charge in [0.2, 0.25) is 5.91 Å². The normalized spacial score (nSPS) is 24.6. The third kappa shape index (κ3) is 2.61. The largest absolute Gasteiger partial charge is 0.354 e. The van der Waals surface area contributed by atoms with Crippen LogP contribution in [0.4, 0.5) is 0 Å². The summed E-state index contributed by atoms with van der Waals surface area (Å²) in [5.74, 6) is 0.466. The van der Waals surface area contributed by atoms with Crippen LogP contribution in [0.2, 0.25) is 0 Å². The lowest BCUT2D eigenvalue weighted by Gasteiger charge is -2.26. The van der Waals surface area contributed by atoms with E-state index in [-0.39, 0.29) is 22.7 Å². The van der Waals surface area contributed by atoms with Crippen LogP contribution >= 0.6 is 11.3 Å². The van der Waals surface area contributed by atoms with Crippen molar-refractivity contribution in [2.75, 3.05) is 6.54 Å². The van der Waals surface area contributed by atoms with Crippen molar-refractivity contribution in [2.45, 2.75) is 44.6 Å². The van der Waals surface area contributed by atoms with Crippen LogP contribution in [0, 0.1) is 12.8 Å². The van der Waals surface area contributed by atoms with Crippen LogP contribution in [0.25, 0.3) is 0 Å². The fraction of sp³-hybridized carbons (Fsp3) is 0.474. The quantitative estimate of drug-likeness (QED) is 0.929. The van der Waals surface area contributed by atoms with E-state index in [9.17, 15) is 9.59 Å². The maximum atomic E-state index is 12.2. The van der Waals surface area contributed by atoms with Crippen LogP contribution in [0.3, 0.4) is 0 Å². The zero-order chi connectivity index (χ0) is 16.7. The molecule has 126 valence electrons. The van der Waals surface area contributed by atoms with E-state index in [0.29, 0.717) is 12.5 Å². The lowest BCUT2D eigenvalue weighted by atomic mass is 9.78. The van der Waals surface area contributed by atoms with E-state index in [1.54, 1.807) is 9.95 Å². The number of carbonyl (C=O) groups excluding carboxylic acids is 1. The second kappa shape index (κ2) is 5.88. The molecule has 0 aliphatic heterocycles. The van der Waals surface area contributed by atoms with Gasteiger partial charge in [0.1, 0.15) is 6.54 Å². The molecule has 1 N–H and O–H groups in total. The molecule has 4 nitrogen and oxygen atoms in total. The van der Waals surface area contributed by atoms with Crippen LogP contribution < -0.4 is 10.2 Å². The van der Waals surface area contributed by atoms with Crippen molar-refractivity contribution in [2.24, 2.45) is 5.92 Å². The number of thiazole rings is 1. The van der Waals surface area contributed by atoms with E-state index in [4.69, 9.17) is 0 Å². The first-order valence-corrected chi connectivity index (χ1v) is 9.48. The van der Waals surface area contributed by atoms with E-state index < -0.39 is 0 Å².